The van der Waals surface area contributed by atoms with Gasteiger partial charge in [-0.2, -0.15) is 0 Å². The van der Waals surface area contributed by atoms with E-state index in [0.29, 0.717) is 19.6 Å². The number of carbonyl (C=O) groups excluding carboxylic acids is 1. The molecule has 0 aromatic carbocycles. The average molecular weight is 360 g/mol. The zero-order valence-electron chi connectivity index (χ0n) is 16.1. The second-order valence-electron chi connectivity index (χ2n) is 6.96. The fraction of sp³-hybridized carbons (Fsp3) is 0.947. The van der Waals surface area contributed by atoms with Crippen molar-refractivity contribution in [2.75, 3.05) is 26.9 Å². The summed E-state index contributed by atoms with van der Waals surface area (Å²) < 4.78 is 22.0. The van der Waals surface area contributed by atoms with Crippen LogP contribution < -0.4 is 0 Å². The van der Waals surface area contributed by atoms with Gasteiger partial charge >= 0.3 is 5.97 Å². The summed E-state index contributed by atoms with van der Waals surface area (Å²) >= 11 is 0. The maximum Gasteiger partial charge on any atom is 0.305 e. The molecule has 0 radical (unpaired) electrons. The molecule has 6 heteroatoms. The Morgan fingerprint density at radius 3 is 2.68 bits per heavy atom. The summed E-state index contributed by atoms with van der Waals surface area (Å²) in [5.74, 6) is -1.04. The SMILES string of the molecule is CCCCCCCCC(CO)OCC1COC(C)(CCC(=O)OC)O1. The normalized spacial score (nSPS) is 24.4. The third-order valence-corrected chi connectivity index (χ3v) is 4.60. The number of methoxy groups -OCH3 is 1. The first-order valence-electron chi connectivity index (χ1n) is 9.64. The van der Waals surface area contributed by atoms with E-state index in [2.05, 4.69) is 11.7 Å². The average Bonchev–Trinajstić information content (AvgIpc) is 3.00. The zero-order valence-corrected chi connectivity index (χ0v) is 16.1. The molecule has 25 heavy (non-hydrogen) atoms. The minimum Gasteiger partial charge on any atom is -0.469 e. The summed E-state index contributed by atoms with van der Waals surface area (Å²) in [4.78, 5) is 11.2. The second-order valence-corrected chi connectivity index (χ2v) is 6.96. The van der Waals surface area contributed by atoms with Gasteiger partial charge in [-0.1, -0.05) is 45.4 Å². The molecule has 0 bridgehead atoms. The Morgan fingerprint density at radius 2 is 2.00 bits per heavy atom. The number of hydrogen-bond donors (Lipinski definition) is 1. The van der Waals surface area contributed by atoms with E-state index in [1.807, 2.05) is 6.92 Å². The van der Waals surface area contributed by atoms with Gasteiger partial charge in [0.15, 0.2) is 5.79 Å². The lowest BCUT2D eigenvalue weighted by molar-refractivity contribution is -0.173. The molecule has 3 unspecified atom stereocenters. The minimum atomic E-state index is -0.768. The van der Waals surface area contributed by atoms with E-state index in [1.165, 1.54) is 39.2 Å². The molecule has 3 atom stereocenters. The quantitative estimate of drug-likeness (QED) is 0.379. The molecule has 1 N–H and O–H groups in total. The van der Waals surface area contributed by atoms with Crippen LogP contribution in [0.3, 0.4) is 0 Å². The molecule has 0 saturated carbocycles. The fourth-order valence-electron chi connectivity index (χ4n) is 2.96. The number of esters is 1. The second kappa shape index (κ2) is 12.6. The molecule has 1 rings (SSSR count). The van der Waals surface area contributed by atoms with Gasteiger partial charge in [-0.05, 0) is 13.3 Å². The van der Waals surface area contributed by atoms with Crippen molar-refractivity contribution in [1.82, 2.24) is 0 Å². The summed E-state index contributed by atoms with van der Waals surface area (Å²) in [5, 5.41) is 9.47. The van der Waals surface area contributed by atoms with Gasteiger partial charge in [0.05, 0.1) is 39.5 Å². The molecule has 0 aromatic rings. The number of hydrogen-bond acceptors (Lipinski definition) is 6. The van der Waals surface area contributed by atoms with Gasteiger partial charge in [0.25, 0.3) is 0 Å². The monoisotopic (exact) mass is 360 g/mol. The molecule has 1 fully saturated rings. The van der Waals surface area contributed by atoms with E-state index in [0.717, 1.165) is 12.8 Å². The van der Waals surface area contributed by atoms with Gasteiger partial charge in [-0.25, -0.2) is 0 Å². The molecular weight excluding hydrogens is 324 g/mol. The van der Waals surface area contributed by atoms with Crippen LogP contribution in [0.15, 0.2) is 0 Å². The van der Waals surface area contributed by atoms with E-state index in [9.17, 15) is 9.90 Å². The van der Waals surface area contributed by atoms with Crippen molar-refractivity contribution in [1.29, 1.82) is 0 Å². The van der Waals surface area contributed by atoms with Crippen LogP contribution >= 0.6 is 0 Å². The minimum absolute atomic E-state index is 0.0299. The van der Waals surface area contributed by atoms with Gasteiger partial charge in [0.1, 0.15) is 6.10 Å². The molecular formula is C19H36O6. The molecule has 1 aliphatic rings. The van der Waals surface area contributed by atoms with Gasteiger partial charge in [-0.15, -0.1) is 0 Å². The van der Waals surface area contributed by atoms with Crippen molar-refractivity contribution in [3.05, 3.63) is 0 Å². The highest BCUT2D eigenvalue weighted by Gasteiger charge is 2.37. The summed E-state index contributed by atoms with van der Waals surface area (Å²) in [6.07, 6.45) is 8.65. The Labute approximate surface area is 152 Å². The van der Waals surface area contributed by atoms with Gasteiger partial charge in [0.2, 0.25) is 0 Å². The smallest absolute Gasteiger partial charge is 0.305 e. The number of aliphatic hydroxyl groups excluding tert-OH is 1. The maximum absolute atomic E-state index is 11.2. The number of ether oxygens (including phenoxy) is 4. The Hall–Kier alpha value is -0.690. The van der Waals surface area contributed by atoms with Gasteiger partial charge in [-0.3, -0.25) is 4.79 Å². The van der Waals surface area contributed by atoms with Crippen molar-refractivity contribution in [2.45, 2.75) is 89.6 Å². The molecule has 148 valence electrons. The van der Waals surface area contributed by atoms with Crippen LogP contribution in [0.5, 0.6) is 0 Å². The van der Waals surface area contributed by atoms with Crippen LogP contribution in [0.2, 0.25) is 0 Å². The maximum atomic E-state index is 11.2. The Balaban J connectivity index is 2.17. The molecule has 0 spiro atoms. The lowest BCUT2D eigenvalue weighted by atomic mass is 10.1. The van der Waals surface area contributed by atoms with Crippen LogP contribution in [0.25, 0.3) is 0 Å². The third kappa shape index (κ3) is 9.54. The Kier molecular flexibility index (Phi) is 11.3. The highest BCUT2D eigenvalue weighted by atomic mass is 16.7. The topological polar surface area (TPSA) is 74.2 Å². The predicted molar refractivity (Wildman–Crippen MR) is 95.3 cm³/mol. The van der Waals surface area contributed by atoms with Gasteiger partial charge in [0, 0.05) is 6.42 Å². The van der Waals surface area contributed by atoms with E-state index in [4.69, 9.17) is 14.2 Å². The van der Waals surface area contributed by atoms with Crippen LogP contribution in [0, 0.1) is 0 Å². The van der Waals surface area contributed by atoms with Crippen molar-refractivity contribution >= 4 is 5.97 Å². The third-order valence-electron chi connectivity index (χ3n) is 4.60. The highest BCUT2D eigenvalue weighted by molar-refractivity contribution is 5.69. The zero-order chi connectivity index (χ0) is 18.5. The van der Waals surface area contributed by atoms with Crippen LogP contribution in [0.1, 0.15) is 71.6 Å². The predicted octanol–water partition coefficient (Wildman–Crippen LogP) is 3.20. The van der Waals surface area contributed by atoms with Crippen LogP contribution in [-0.4, -0.2) is 56.0 Å². The Bertz CT molecular complexity index is 362. The number of rotatable bonds is 14. The first-order chi connectivity index (χ1) is 12.0. The lowest BCUT2D eigenvalue weighted by Crippen LogP contribution is -2.30. The van der Waals surface area contributed by atoms with Crippen molar-refractivity contribution in [3.63, 3.8) is 0 Å². The molecule has 1 heterocycles. The lowest BCUT2D eigenvalue weighted by Gasteiger charge is -2.23. The molecule has 0 amide bonds. The summed E-state index contributed by atoms with van der Waals surface area (Å²) in [6, 6.07) is 0. The van der Waals surface area contributed by atoms with E-state index >= 15 is 0 Å². The molecule has 0 aromatic heterocycles. The van der Waals surface area contributed by atoms with Crippen molar-refractivity contribution in [2.24, 2.45) is 0 Å². The first-order valence-corrected chi connectivity index (χ1v) is 9.64. The van der Waals surface area contributed by atoms with Crippen LogP contribution in [-0.2, 0) is 23.7 Å². The fourth-order valence-corrected chi connectivity index (χ4v) is 2.96. The highest BCUT2D eigenvalue weighted by Crippen LogP contribution is 2.28. The van der Waals surface area contributed by atoms with Crippen molar-refractivity contribution in [3.8, 4) is 0 Å². The largest absolute Gasteiger partial charge is 0.469 e. The number of aliphatic hydroxyl groups is 1. The summed E-state index contributed by atoms with van der Waals surface area (Å²) in [6.45, 7) is 4.91. The molecule has 6 nitrogen and oxygen atoms in total. The first kappa shape index (κ1) is 22.4. The molecule has 1 aliphatic heterocycles. The summed E-state index contributed by atoms with van der Waals surface area (Å²) in [5.41, 5.74) is 0. The Morgan fingerprint density at radius 1 is 1.28 bits per heavy atom. The number of unbranched alkanes of at least 4 members (excludes halogenated alkanes) is 5. The van der Waals surface area contributed by atoms with Crippen LogP contribution in [0.4, 0.5) is 0 Å². The standard InChI is InChI=1S/C19H36O6/c1-4-5-6-7-8-9-10-16(13-20)23-14-17-15-24-19(2,25-17)12-11-18(21)22-3/h16-17,20H,4-15H2,1-3H3. The summed E-state index contributed by atoms with van der Waals surface area (Å²) in [7, 11) is 1.37. The van der Waals surface area contributed by atoms with Gasteiger partial charge < -0.3 is 24.1 Å². The van der Waals surface area contributed by atoms with E-state index in [1.54, 1.807) is 0 Å². The van der Waals surface area contributed by atoms with Crippen molar-refractivity contribution < 1.29 is 28.8 Å². The number of carbonyl (C=O) groups is 1. The van der Waals surface area contributed by atoms with E-state index in [-0.39, 0.29) is 31.2 Å². The molecule has 1 saturated heterocycles. The molecule has 0 aliphatic carbocycles. The van der Waals surface area contributed by atoms with E-state index < -0.39 is 5.79 Å².